The van der Waals surface area contributed by atoms with Crippen molar-refractivity contribution in [2.75, 3.05) is 30.4 Å². The van der Waals surface area contributed by atoms with E-state index < -0.39 is 16.1 Å². The van der Waals surface area contributed by atoms with Crippen molar-refractivity contribution in [3.05, 3.63) is 53.6 Å². The molecule has 1 atom stereocenters. The minimum atomic E-state index is -3.60. The molecule has 2 amide bonds. The van der Waals surface area contributed by atoms with Crippen molar-refractivity contribution >= 4 is 27.5 Å². The number of hydrogen-bond acceptors (Lipinski definition) is 6. The third-order valence-corrected chi connectivity index (χ3v) is 7.20. The summed E-state index contributed by atoms with van der Waals surface area (Å²) < 4.78 is 37.0. The topological polar surface area (TPSA) is 105 Å². The second-order valence-electron chi connectivity index (χ2n) is 8.80. The maximum atomic E-state index is 13.4. The van der Waals surface area contributed by atoms with Gasteiger partial charge in [0.1, 0.15) is 6.04 Å². The van der Waals surface area contributed by atoms with Crippen molar-refractivity contribution in [1.29, 1.82) is 0 Å². The van der Waals surface area contributed by atoms with Crippen molar-refractivity contribution in [3.63, 3.8) is 0 Å². The predicted octanol–water partition coefficient (Wildman–Crippen LogP) is 3.21. The minimum absolute atomic E-state index is 0.0905. The number of rotatable bonds is 12. The first kappa shape index (κ1) is 27.3. The molecule has 3 rings (SSSR count). The SMILES string of the molecule is CCNC(=O)C(CC)N(Cc1ccc(C)cc1)C(=O)CCCN(c1ccc2c(c1)OCO2)S(C)(=O)=O. The van der Waals surface area contributed by atoms with Crippen LogP contribution < -0.4 is 19.1 Å². The number of anilines is 1. The van der Waals surface area contributed by atoms with Gasteiger partial charge in [-0.05, 0) is 44.4 Å². The van der Waals surface area contributed by atoms with E-state index >= 15 is 0 Å². The second-order valence-corrected chi connectivity index (χ2v) is 10.7. The molecular formula is C26H35N3O6S. The van der Waals surface area contributed by atoms with Gasteiger partial charge < -0.3 is 19.7 Å². The standard InChI is InChI=1S/C26H35N3O6S/c1-5-22(26(31)27-6-2)28(17-20-11-9-19(3)10-12-20)25(30)8-7-15-29(36(4,32)33)21-13-14-23-24(16-21)35-18-34-23/h9-14,16,22H,5-8,15,17-18H2,1-4H3,(H,27,31). The molecule has 0 saturated heterocycles. The van der Waals surface area contributed by atoms with Crippen LogP contribution in [0.5, 0.6) is 11.5 Å². The first-order valence-electron chi connectivity index (χ1n) is 12.1. The number of benzene rings is 2. The molecule has 1 heterocycles. The molecule has 9 nitrogen and oxygen atoms in total. The van der Waals surface area contributed by atoms with E-state index in [9.17, 15) is 18.0 Å². The normalized spacial score (nSPS) is 13.2. The minimum Gasteiger partial charge on any atom is -0.454 e. The van der Waals surface area contributed by atoms with E-state index in [0.717, 1.165) is 17.4 Å². The number of likely N-dealkylation sites (N-methyl/N-ethyl adjacent to an activating group) is 1. The maximum absolute atomic E-state index is 13.4. The molecule has 1 aliphatic heterocycles. The van der Waals surface area contributed by atoms with E-state index in [1.807, 2.05) is 45.0 Å². The Hall–Kier alpha value is -3.27. The van der Waals surface area contributed by atoms with Gasteiger partial charge in [0.05, 0.1) is 11.9 Å². The van der Waals surface area contributed by atoms with Gasteiger partial charge in [-0.25, -0.2) is 8.42 Å². The number of carbonyl (C=O) groups is 2. The fourth-order valence-electron chi connectivity index (χ4n) is 4.15. The van der Waals surface area contributed by atoms with Crippen LogP contribution in [0.4, 0.5) is 5.69 Å². The Bertz CT molecular complexity index is 1170. The smallest absolute Gasteiger partial charge is 0.242 e. The van der Waals surface area contributed by atoms with Crippen molar-refractivity contribution in [2.24, 2.45) is 0 Å². The lowest BCUT2D eigenvalue weighted by Gasteiger charge is -2.31. The highest BCUT2D eigenvalue weighted by Gasteiger charge is 2.29. The van der Waals surface area contributed by atoms with Crippen molar-refractivity contribution < 1.29 is 27.5 Å². The number of nitrogens with one attached hydrogen (secondary N) is 1. The van der Waals surface area contributed by atoms with Gasteiger partial charge in [0, 0.05) is 32.1 Å². The van der Waals surface area contributed by atoms with Crippen LogP contribution in [0.25, 0.3) is 0 Å². The summed E-state index contributed by atoms with van der Waals surface area (Å²) in [6.45, 7) is 6.68. The average Bonchev–Trinajstić information content (AvgIpc) is 3.30. The first-order chi connectivity index (χ1) is 17.1. The molecule has 0 fully saturated rings. The highest BCUT2D eigenvalue weighted by atomic mass is 32.2. The highest BCUT2D eigenvalue weighted by Crippen LogP contribution is 2.36. The molecule has 2 aromatic carbocycles. The lowest BCUT2D eigenvalue weighted by atomic mass is 10.1. The van der Waals surface area contributed by atoms with Crippen LogP contribution in [0.1, 0.15) is 44.2 Å². The number of aryl methyl sites for hydroxylation is 1. The predicted molar refractivity (Wildman–Crippen MR) is 138 cm³/mol. The van der Waals surface area contributed by atoms with E-state index in [1.165, 1.54) is 4.31 Å². The molecule has 0 aromatic heterocycles. The quantitative estimate of drug-likeness (QED) is 0.464. The Labute approximate surface area is 213 Å². The van der Waals surface area contributed by atoms with Gasteiger partial charge in [-0.3, -0.25) is 13.9 Å². The molecule has 10 heteroatoms. The van der Waals surface area contributed by atoms with E-state index in [2.05, 4.69) is 5.32 Å². The van der Waals surface area contributed by atoms with Crippen molar-refractivity contribution in [3.8, 4) is 11.5 Å². The number of fused-ring (bicyclic) bond motifs is 1. The van der Waals surface area contributed by atoms with Gasteiger partial charge >= 0.3 is 0 Å². The molecule has 1 aliphatic rings. The van der Waals surface area contributed by atoms with Crippen molar-refractivity contribution in [2.45, 2.75) is 52.6 Å². The molecule has 2 aromatic rings. The molecule has 196 valence electrons. The van der Waals surface area contributed by atoms with Crippen LogP contribution in [-0.4, -0.2) is 57.3 Å². The largest absolute Gasteiger partial charge is 0.454 e. The summed E-state index contributed by atoms with van der Waals surface area (Å²) in [5, 5.41) is 2.82. The van der Waals surface area contributed by atoms with E-state index in [4.69, 9.17) is 9.47 Å². The summed E-state index contributed by atoms with van der Waals surface area (Å²) >= 11 is 0. The van der Waals surface area contributed by atoms with Crippen LogP contribution in [0, 0.1) is 6.92 Å². The molecule has 0 bridgehead atoms. The van der Waals surface area contributed by atoms with Gasteiger partial charge in [0.25, 0.3) is 0 Å². The second kappa shape index (κ2) is 12.1. The summed E-state index contributed by atoms with van der Waals surface area (Å²) in [4.78, 5) is 27.7. The maximum Gasteiger partial charge on any atom is 0.242 e. The molecular weight excluding hydrogens is 482 g/mol. The van der Waals surface area contributed by atoms with E-state index in [0.29, 0.717) is 36.7 Å². The Morgan fingerprint density at radius 1 is 1.06 bits per heavy atom. The van der Waals surface area contributed by atoms with Crippen molar-refractivity contribution in [1.82, 2.24) is 10.2 Å². The lowest BCUT2D eigenvalue weighted by Crippen LogP contribution is -2.49. The Kier molecular flexibility index (Phi) is 9.19. The van der Waals surface area contributed by atoms with Gasteiger partial charge in [0.2, 0.25) is 28.6 Å². The van der Waals surface area contributed by atoms with Crippen LogP contribution in [0.15, 0.2) is 42.5 Å². The van der Waals surface area contributed by atoms with Crippen LogP contribution >= 0.6 is 0 Å². The lowest BCUT2D eigenvalue weighted by molar-refractivity contribution is -0.141. The van der Waals surface area contributed by atoms with E-state index in [1.54, 1.807) is 23.1 Å². The first-order valence-corrected chi connectivity index (χ1v) is 14.0. The molecule has 1 unspecified atom stereocenters. The number of sulfonamides is 1. The summed E-state index contributed by atoms with van der Waals surface area (Å²) in [5.74, 6) is 0.644. The van der Waals surface area contributed by atoms with Gasteiger partial charge in [-0.2, -0.15) is 0 Å². The average molecular weight is 518 g/mol. The van der Waals surface area contributed by atoms with Crippen LogP contribution in [-0.2, 0) is 26.2 Å². The number of amides is 2. The van der Waals surface area contributed by atoms with Gasteiger partial charge in [-0.15, -0.1) is 0 Å². The zero-order valence-electron chi connectivity index (χ0n) is 21.3. The molecule has 36 heavy (non-hydrogen) atoms. The molecule has 1 N–H and O–H groups in total. The zero-order valence-corrected chi connectivity index (χ0v) is 22.1. The van der Waals surface area contributed by atoms with Gasteiger partial charge in [-0.1, -0.05) is 36.8 Å². The Morgan fingerprint density at radius 3 is 2.39 bits per heavy atom. The molecule has 0 aliphatic carbocycles. The van der Waals surface area contributed by atoms with Gasteiger partial charge in [0.15, 0.2) is 11.5 Å². The number of hydrogen-bond donors (Lipinski definition) is 1. The highest BCUT2D eigenvalue weighted by molar-refractivity contribution is 7.92. The summed E-state index contributed by atoms with van der Waals surface area (Å²) in [7, 11) is -3.60. The van der Waals surface area contributed by atoms with E-state index in [-0.39, 0.29) is 38.0 Å². The van der Waals surface area contributed by atoms with Crippen LogP contribution in [0.3, 0.4) is 0 Å². The summed E-state index contributed by atoms with van der Waals surface area (Å²) in [5.41, 5.74) is 2.48. The molecule has 0 spiro atoms. The number of ether oxygens (including phenoxy) is 2. The third kappa shape index (κ3) is 6.90. The summed E-state index contributed by atoms with van der Waals surface area (Å²) in [6, 6.07) is 12.2. The number of nitrogens with zero attached hydrogens (tertiary/aromatic N) is 2. The third-order valence-electron chi connectivity index (χ3n) is 6.01. The fourth-order valence-corrected chi connectivity index (χ4v) is 5.10. The summed E-state index contributed by atoms with van der Waals surface area (Å²) in [6.07, 6.45) is 1.98. The number of carbonyl (C=O) groups excluding carboxylic acids is 2. The monoisotopic (exact) mass is 517 g/mol. The Balaban J connectivity index is 1.75. The molecule has 0 radical (unpaired) electrons. The van der Waals surface area contributed by atoms with Crippen LogP contribution in [0.2, 0.25) is 0 Å². The zero-order chi connectivity index (χ0) is 26.3. The Morgan fingerprint density at radius 2 is 1.75 bits per heavy atom. The fraction of sp³-hybridized carbons (Fsp3) is 0.462. The molecule has 0 saturated carbocycles.